The van der Waals surface area contributed by atoms with Gasteiger partial charge in [0.2, 0.25) is 0 Å². The highest BCUT2D eigenvalue weighted by molar-refractivity contribution is 5.66. The minimum Gasteiger partial charge on any atom is -0.481 e. The summed E-state index contributed by atoms with van der Waals surface area (Å²) in [6, 6.07) is 0. The van der Waals surface area contributed by atoms with Crippen molar-refractivity contribution in [1.82, 2.24) is 0 Å². The number of carboxylic acids is 1. The minimum atomic E-state index is -0.788. The van der Waals surface area contributed by atoms with E-state index in [4.69, 9.17) is 5.11 Å². The summed E-state index contributed by atoms with van der Waals surface area (Å²) in [7, 11) is 0. The van der Waals surface area contributed by atoms with E-state index in [2.05, 4.69) is 6.92 Å². The maximum Gasteiger partial charge on any atom is 0.303 e. The second-order valence-electron chi connectivity index (χ2n) is 5.90. The molecule has 0 saturated carbocycles. The van der Waals surface area contributed by atoms with Crippen LogP contribution >= 0.6 is 0 Å². The highest BCUT2D eigenvalue weighted by atomic mass is 16.4. The molecule has 1 atom stereocenters. The van der Waals surface area contributed by atoms with Crippen LogP contribution in [-0.4, -0.2) is 22.3 Å². The maximum absolute atomic E-state index is 10.3. The zero-order chi connectivity index (χ0) is 15.8. The van der Waals surface area contributed by atoms with Crippen molar-refractivity contribution in [3.05, 3.63) is 12.2 Å². The molecule has 3 nitrogen and oxygen atoms in total. The van der Waals surface area contributed by atoms with Gasteiger partial charge in [-0.05, 0) is 12.8 Å². The van der Waals surface area contributed by atoms with Crippen molar-refractivity contribution in [1.29, 1.82) is 0 Å². The van der Waals surface area contributed by atoms with Crippen LogP contribution in [-0.2, 0) is 4.79 Å². The molecule has 0 unspecified atom stereocenters. The topological polar surface area (TPSA) is 57.5 Å². The molecule has 0 radical (unpaired) electrons. The number of carboxylic acid groups (broad SMARTS) is 1. The first-order valence-electron chi connectivity index (χ1n) is 8.73. The number of hydrogen-bond acceptors (Lipinski definition) is 2. The highest BCUT2D eigenvalue weighted by Gasteiger charge is 1.99. The quantitative estimate of drug-likeness (QED) is 0.327. The summed E-state index contributed by atoms with van der Waals surface area (Å²) in [5.74, 6) is -0.788. The average molecular weight is 298 g/mol. The Kier molecular flexibility index (Phi) is 14.9. The van der Waals surface area contributed by atoms with Crippen molar-refractivity contribution in [2.75, 3.05) is 0 Å². The van der Waals surface area contributed by atoms with E-state index in [0.29, 0.717) is 6.42 Å². The van der Waals surface area contributed by atoms with Gasteiger partial charge in [-0.2, -0.15) is 0 Å². The van der Waals surface area contributed by atoms with Gasteiger partial charge in [-0.3, -0.25) is 4.79 Å². The van der Waals surface area contributed by atoms with Gasteiger partial charge in [-0.15, -0.1) is 0 Å². The van der Waals surface area contributed by atoms with Crippen molar-refractivity contribution in [2.24, 2.45) is 0 Å². The third-order valence-electron chi connectivity index (χ3n) is 3.74. The Bertz CT molecular complexity index is 261. The third kappa shape index (κ3) is 17.1. The van der Waals surface area contributed by atoms with Gasteiger partial charge in [0.15, 0.2) is 0 Å². The fourth-order valence-corrected chi connectivity index (χ4v) is 2.40. The summed E-state index contributed by atoms with van der Waals surface area (Å²) >= 11 is 0. The Morgan fingerprint density at radius 3 is 2.00 bits per heavy atom. The van der Waals surface area contributed by atoms with E-state index in [9.17, 15) is 9.90 Å². The van der Waals surface area contributed by atoms with Crippen LogP contribution in [0.2, 0.25) is 0 Å². The Balaban J connectivity index is 3.24. The average Bonchev–Trinajstić information content (AvgIpc) is 2.45. The van der Waals surface area contributed by atoms with Gasteiger partial charge in [0, 0.05) is 6.42 Å². The minimum absolute atomic E-state index is 0.140. The molecule has 0 aliphatic heterocycles. The molecule has 0 aliphatic rings. The number of rotatable bonds is 15. The molecule has 0 aromatic heterocycles. The molecule has 0 aromatic rings. The van der Waals surface area contributed by atoms with E-state index < -0.39 is 12.1 Å². The molecule has 3 heteroatoms. The number of aliphatic hydroxyl groups excluding tert-OH is 1. The van der Waals surface area contributed by atoms with Crippen LogP contribution in [0.15, 0.2) is 12.2 Å². The molecule has 0 saturated heterocycles. The summed E-state index contributed by atoms with van der Waals surface area (Å²) in [6.45, 7) is 2.25. The van der Waals surface area contributed by atoms with E-state index in [0.717, 1.165) is 12.8 Å². The van der Waals surface area contributed by atoms with Crippen LogP contribution in [0.25, 0.3) is 0 Å². The zero-order valence-corrected chi connectivity index (χ0v) is 13.7. The second-order valence-corrected chi connectivity index (χ2v) is 5.90. The van der Waals surface area contributed by atoms with Gasteiger partial charge >= 0.3 is 5.97 Å². The summed E-state index contributed by atoms with van der Waals surface area (Å²) in [5.41, 5.74) is 0. The lowest BCUT2D eigenvalue weighted by molar-refractivity contribution is -0.136. The van der Waals surface area contributed by atoms with Gasteiger partial charge in [0.25, 0.3) is 0 Å². The summed E-state index contributed by atoms with van der Waals surface area (Å²) < 4.78 is 0. The Morgan fingerprint density at radius 2 is 1.48 bits per heavy atom. The molecule has 0 aliphatic carbocycles. The molecule has 0 rings (SSSR count). The largest absolute Gasteiger partial charge is 0.481 e. The van der Waals surface area contributed by atoms with Crippen molar-refractivity contribution < 1.29 is 15.0 Å². The Morgan fingerprint density at radius 1 is 0.952 bits per heavy atom. The van der Waals surface area contributed by atoms with Crippen LogP contribution < -0.4 is 0 Å². The smallest absolute Gasteiger partial charge is 0.303 e. The monoisotopic (exact) mass is 298 g/mol. The molecule has 21 heavy (non-hydrogen) atoms. The van der Waals surface area contributed by atoms with Crippen molar-refractivity contribution in [3.63, 3.8) is 0 Å². The molecular formula is C18H34O3. The lowest BCUT2D eigenvalue weighted by Gasteiger charge is -2.05. The molecule has 0 aromatic carbocycles. The summed E-state index contributed by atoms with van der Waals surface area (Å²) in [4.78, 5) is 10.3. The number of unbranched alkanes of at least 4 members (excludes halogenated alkanes) is 9. The first-order valence-corrected chi connectivity index (χ1v) is 8.73. The predicted octanol–water partition coefficient (Wildman–Crippen LogP) is 5.08. The van der Waals surface area contributed by atoms with E-state index >= 15 is 0 Å². The maximum atomic E-state index is 10.3. The van der Waals surface area contributed by atoms with Gasteiger partial charge in [0.05, 0.1) is 6.10 Å². The SMILES string of the molecule is CCCCCCCCCCCC[C@@H](O)/C=C/CCC(=O)O. The normalized spacial score (nSPS) is 12.9. The lowest BCUT2D eigenvalue weighted by atomic mass is 10.0. The van der Waals surface area contributed by atoms with Gasteiger partial charge < -0.3 is 10.2 Å². The molecule has 0 amide bonds. The first-order chi connectivity index (χ1) is 10.2. The van der Waals surface area contributed by atoms with Crippen LogP contribution in [0.4, 0.5) is 0 Å². The van der Waals surface area contributed by atoms with Crippen molar-refractivity contribution in [3.8, 4) is 0 Å². The number of carbonyl (C=O) groups is 1. The Hall–Kier alpha value is -0.830. The summed E-state index contributed by atoms with van der Waals surface area (Å²) in [5, 5.41) is 18.2. The third-order valence-corrected chi connectivity index (χ3v) is 3.74. The molecule has 0 spiro atoms. The van der Waals surface area contributed by atoms with Crippen LogP contribution in [0.3, 0.4) is 0 Å². The van der Waals surface area contributed by atoms with E-state index in [1.807, 2.05) is 0 Å². The van der Waals surface area contributed by atoms with Crippen LogP contribution in [0.1, 0.15) is 90.4 Å². The molecule has 124 valence electrons. The van der Waals surface area contributed by atoms with Gasteiger partial charge in [-0.25, -0.2) is 0 Å². The molecule has 0 bridgehead atoms. The number of aliphatic hydroxyl groups is 1. The number of aliphatic carboxylic acids is 1. The fraction of sp³-hybridized carbons (Fsp3) is 0.833. The predicted molar refractivity (Wildman–Crippen MR) is 88.5 cm³/mol. The first kappa shape index (κ1) is 20.2. The second kappa shape index (κ2) is 15.6. The molecule has 0 fully saturated rings. The fourth-order valence-electron chi connectivity index (χ4n) is 2.40. The molecule has 0 heterocycles. The Labute approximate surface area is 130 Å². The van der Waals surface area contributed by atoms with Gasteiger partial charge in [0.1, 0.15) is 0 Å². The van der Waals surface area contributed by atoms with E-state index in [-0.39, 0.29) is 6.42 Å². The molecule has 2 N–H and O–H groups in total. The van der Waals surface area contributed by atoms with E-state index in [1.54, 1.807) is 12.2 Å². The molecular weight excluding hydrogens is 264 g/mol. The number of allylic oxidation sites excluding steroid dienone is 1. The standard InChI is InChI=1S/C18H34O3/c1-2-3-4-5-6-7-8-9-10-11-14-17(19)15-12-13-16-18(20)21/h12,15,17,19H,2-11,13-14,16H2,1H3,(H,20,21)/b15-12+/t17-/m1/s1. The highest BCUT2D eigenvalue weighted by Crippen LogP contribution is 2.12. The lowest BCUT2D eigenvalue weighted by Crippen LogP contribution is -2.01. The van der Waals surface area contributed by atoms with Crippen LogP contribution in [0.5, 0.6) is 0 Å². The van der Waals surface area contributed by atoms with E-state index in [1.165, 1.54) is 57.8 Å². The van der Waals surface area contributed by atoms with Crippen LogP contribution in [0, 0.1) is 0 Å². The zero-order valence-electron chi connectivity index (χ0n) is 13.7. The number of hydrogen-bond donors (Lipinski definition) is 2. The van der Waals surface area contributed by atoms with Crippen molar-refractivity contribution >= 4 is 5.97 Å². The van der Waals surface area contributed by atoms with Crippen molar-refractivity contribution in [2.45, 2.75) is 96.5 Å². The summed E-state index contributed by atoms with van der Waals surface area (Å²) in [6.07, 6.45) is 17.5. The van der Waals surface area contributed by atoms with Gasteiger partial charge in [-0.1, -0.05) is 83.3 Å².